The second kappa shape index (κ2) is 3.32. The first kappa shape index (κ1) is 12.9. The molecule has 3 heteroatoms. The molecule has 4 atom stereocenters. The van der Waals surface area contributed by atoms with Gasteiger partial charge < -0.3 is 4.74 Å². The van der Waals surface area contributed by atoms with Crippen molar-refractivity contribution in [2.24, 2.45) is 11.3 Å². The Kier molecular flexibility index (Phi) is 2.03. The van der Waals surface area contributed by atoms with E-state index in [1.165, 1.54) is 0 Å². The van der Waals surface area contributed by atoms with Crippen LogP contribution in [0.1, 0.15) is 37.8 Å². The average molecular weight is 278 g/mol. The van der Waals surface area contributed by atoms with E-state index in [-0.39, 0.29) is 16.9 Å². The van der Waals surface area contributed by atoms with Crippen molar-refractivity contribution >= 4 is 0 Å². The summed E-state index contributed by atoms with van der Waals surface area (Å²) in [7, 11) is 1.74. The molecule has 2 saturated carbocycles. The highest BCUT2D eigenvalue weighted by Crippen LogP contribution is 2.79. The molecule has 1 aromatic rings. The Hall–Kier alpha value is -1.84. The Bertz CT molecular complexity index is 740. The maximum absolute atomic E-state index is 10.1. The lowest BCUT2D eigenvalue weighted by Gasteiger charge is -2.59. The minimum absolute atomic E-state index is 0.115. The zero-order chi connectivity index (χ0) is 15.1. The normalized spacial score (nSPS) is 44.1. The fourth-order valence-electron chi connectivity index (χ4n) is 5.71. The number of methoxy groups -OCH3 is 1. The number of hydrogen-bond donors (Lipinski definition) is 0. The summed E-state index contributed by atoms with van der Waals surface area (Å²) in [5.41, 5.74) is 0.413. The van der Waals surface area contributed by atoms with Gasteiger partial charge in [0, 0.05) is 24.9 Å². The molecule has 3 nitrogen and oxygen atoms in total. The predicted molar refractivity (Wildman–Crippen MR) is 77.3 cm³/mol. The minimum atomic E-state index is -0.554. The zero-order valence-corrected chi connectivity index (χ0v) is 12.6. The van der Waals surface area contributed by atoms with E-state index in [9.17, 15) is 10.5 Å². The molecule has 0 saturated heterocycles. The van der Waals surface area contributed by atoms with Crippen LogP contribution in [0.2, 0.25) is 0 Å². The number of fused-ring (bicyclic) bond motifs is 4. The van der Waals surface area contributed by atoms with Crippen molar-refractivity contribution in [2.75, 3.05) is 7.11 Å². The molecule has 1 aromatic carbocycles. The summed E-state index contributed by atoms with van der Waals surface area (Å²) in [5, 5.41) is 20.0. The highest BCUT2D eigenvalue weighted by atomic mass is 16.5. The van der Waals surface area contributed by atoms with Crippen molar-refractivity contribution < 1.29 is 4.74 Å². The average Bonchev–Trinajstić information content (AvgIpc) is 2.58. The first-order valence-corrected chi connectivity index (χ1v) is 7.43. The Balaban J connectivity index is 2.13. The van der Waals surface area contributed by atoms with Crippen molar-refractivity contribution in [2.45, 2.75) is 43.1 Å². The number of nitriles is 2. The van der Waals surface area contributed by atoms with Gasteiger partial charge in [-0.2, -0.15) is 10.5 Å². The molecule has 0 unspecified atom stereocenters. The number of ether oxygens (including phenoxy) is 1. The summed E-state index contributed by atoms with van der Waals surface area (Å²) < 4.78 is 5.98. The number of benzene rings is 1. The summed E-state index contributed by atoms with van der Waals surface area (Å²) in [5.74, 6) is 0.115. The number of hydrogen-bond acceptors (Lipinski definition) is 3. The summed E-state index contributed by atoms with van der Waals surface area (Å²) in [4.78, 5) is 0. The molecule has 4 rings (SSSR count). The molecular weight excluding hydrogens is 260 g/mol. The molecule has 2 bridgehead atoms. The van der Waals surface area contributed by atoms with Crippen molar-refractivity contribution in [1.82, 2.24) is 0 Å². The van der Waals surface area contributed by atoms with E-state index in [0.29, 0.717) is 6.42 Å². The highest BCUT2D eigenvalue weighted by molar-refractivity contribution is 5.61. The van der Waals surface area contributed by atoms with Gasteiger partial charge in [0.2, 0.25) is 0 Å². The molecule has 0 aliphatic heterocycles. The van der Waals surface area contributed by atoms with Gasteiger partial charge >= 0.3 is 0 Å². The van der Waals surface area contributed by atoms with Crippen LogP contribution in [0, 0.1) is 34.0 Å². The lowest BCUT2D eigenvalue weighted by atomic mass is 9.47. The second-order valence-corrected chi connectivity index (χ2v) is 7.30. The molecule has 0 amide bonds. The Labute approximate surface area is 125 Å². The number of nitrogens with zero attached hydrogens (tertiary/aromatic N) is 2. The Morgan fingerprint density at radius 1 is 1.14 bits per heavy atom. The summed E-state index contributed by atoms with van der Waals surface area (Å²) in [6, 6.07) is 13.2. The largest absolute Gasteiger partial charge is 0.377 e. The third kappa shape index (κ3) is 0.937. The van der Waals surface area contributed by atoms with Crippen LogP contribution in [0.15, 0.2) is 24.3 Å². The summed E-state index contributed by atoms with van der Waals surface area (Å²) >= 11 is 0. The SMILES string of the molecule is CO[C@@]12C[C@]3(C#N)c4ccccc4[C@@](C#N)(C[C@H]13)C2(C)C. The molecule has 0 heterocycles. The molecule has 2 fully saturated rings. The van der Waals surface area contributed by atoms with E-state index in [4.69, 9.17) is 4.74 Å². The van der Waals surface area contributed by atoms with Crippen LogP contribution in [0.5, 0.6) is 0 Å². The van der Waals surface area contributed by atoms with Gasteiger partial charge in [-0.05, 0) is 17.5 Å². The molecule has 0 N–H and O–H groups in total. The topological polar surface area (TPSA) is 56.8 Å². The lowest BCUT2D eigenvalue weighted by Crippen LogP contribution is -2.66. The van der Waals surface area contributed by atoms with Gasteiger partial charge in [0.1, 0.15) is 0 Å². The lowest BCUT2D eigenvalue weighted by molar-refractivity contribution is -0.193. The molecule has 106 valence electrons. The van der Waals surface area contributed by atoms with Crippen LogP contribution in [-0.2, 0) is 15.6 Å². The maximum Gasteiger partial charge on any atom is 0.0909 e. The van der Waals surface area contributed by atoms with Crippen molar-refractivity contribution in [1.29, 1.82) is 10.5 Å². The van der Waals surface area contributed by atoms with E-state index < -0.39 is 10.8 Å². The zero-order valence-electron chi connectivity index (χ0n) is 12.6. The molecule has 0 aromatic heterocycles. The standard InChI is InChI=1S/C18H18N2O/c1-15(2)17(11-20)8-14-16(10-19,9-18(14,15)21-3)12-6-4-5-7-13(12)17/h4-7,14H,8-9H2,1-3H3/t14-,16-,17-,18-/m0/s1. The van der Waals surface area contributed by atoms with Crippen LogP contribution < -0.4 is 0 Å². The first-order valence-electron chi connectivity index (χ1n) is 7.43. The van der Waals surface area contributed by atoms with Crippen LogP contribution in [-0.4, -0.2) is 12.7 Å². The van der Waals surface area contributed by atoms with Gasteiger partial charge in [0.25, 0.3) is 0 Å². The van der Waals surface area contributed by atoms with Gasteiger partial charge in [0.15, 0.2) is 0 Å². The van der Waals surface area contributed by atoms with Crippen molar-refractivity contribution in [3.63, 3.8) is 0 Å². The van der Waals surface area contributed by atoms with Gasteiger partial charge in [0.05, 0.1) is 28.6 Å². The molecule has 0 radical (unpaired) electrons. The van der Waals surface area contributed by atoms with Gasteiger partial charge in [-0.25, -0.2) is 0 Å². The Morgan fingerprint density at radius 2 is 1.81 bits per heavy atom. The highest BCUT2D eigenvalue weighted by Gasteiger charge is 2.83. The summed E-state index contributed by atoms with van der Waals surface area (Å²) in [6.07, 6.45) is 1.43. The smallest absolute Gasteiger partial charge is 0.0909 e. The second-order valence-electron chi connectivity index (χ2n) is 7.30. The van der Waals surface area contributed by atoms with E-state index in [1.807, 2.05) is 24.3 Å². The van der Waals surface area contributed by atoms with Gasteiger partial charge in [-0.3, -0.25) is 0 Å². The summed E-state index contributed by atoms with van der Waals surface area (Å²) in [6.45, 7) is 4.28. The monoisotopic (exact) mass is 278 g/mol. The predicted octanol–water partition coefficient (Wildman–Crippen LogP) is 3.06. The third-order valence-electron chi connectivity index (χ3n) is 6.96. The molecule has 3 aliphatic carbocycles. The van der Waals surface area contributed by atoms with Crippen LogP contribution in [0.3, 0.4) is 0 Å². The third-order valence-corrected chi connectivity index (χ3v) is 6.96. The van der Waals surface area contributed by atoms with E-state index in [2.05, 4.69) is 26.0 Å². The first-order chi connectivity index (χ1) is 9.96. The van der Waals surface area contributed by atoms with Crippen LogP contribution in [0.4, 0.5) is 0 Å². The fourth-order valence-corrected chi connectivity index (χ4v) is 5.71. The van der Waals surface area contributed by atoms with E-state index >= 15 is 0 Å². The quantitative estimate of drug-likeness (QED) is 0.793. The Morgan fingerprint density at radius 3 is 2.38 bits per heavy atom. The molecular formula is C18H18N2O. The van der Waals surface area contributed by atoms with Crippen molar-refractivity contribution in [3.05, 3.63) is 35.4 Å². The van der Waals surface area contributed by atoms with E-state index in [0.717, 1.165) is 17.5 Å². The van der Waals surface area contributed by atoms with Gasteiger partial charge in [-0.15, -0.1) is 0 Å². The molecule has 21 heavy (non-hydrogen) atoms. The number of rotatable bonds is 1. The van der Waals surface area contributed by atoms with Crippen LogP contribution in [0.25, 0.3) is 0 Å². The molecule has 3 aliphatic rings. The molecule has 0 spiro atoms. The van der Waals surface area contributed by atoms with E-state index in [1.54, 1.807) is 7.11 Å². The van der Waals surface area contributed by atoms with Crippen LogP contribution >= 0.6 is 0 Å². The fraction of sp³-hybridized carbons (Fsp3) is 0.556. The minimum Gasteiger partial charge on any atom is -0.377 e. The van der Waals surface area contributed by atoms with Crippen molar-refractivity contribution in [3.8, 4) is 12.1 Å². The van der Waals surface area contributed by atoms with Gasteiger partial charge in [-0.1, -0.05) is 38.1 Å². The maximum atomic E-state index is 10.1.